The fraction of sp³-hybridized carbons (Fsp3) is 0.467. The van der Waals surface area contributed by atoms with Gasteiger partial charge in [0.2, 0.25) is 15.9 Å². The van der Waals surface area contributed by atoms with E-state index < -0.39 is 16.0 Å². The van der Waals surface area contributed by atoms with E-state index in [9.17, 15) is 18.0 Å². The van der Waals surface area contributed by atoms with Crippen LogP contribution in [0.5, 0.6) is 5.75 Å². The van der Waals surface area contributed by atoms with Crippen molar-refractivity contribution in [3.8, 4) is 5.75 Å². The van der Waals surface area contributed by atoms with Crippen molar-refractivity contribution >= 4 is 21.9 Å². The Balaban J connectivity index is 2.02. The van der Waals surface area contributed by atoms with E-state index in [1.807, 2.05) is 0 Å². The Morgan fingerprint density at radius 1 is 1.21 bits per heavy atom. The first-order valence-electron chi connectivity index (χ1n) is 7.43. The molecular weight excluding hydrogens is 336 g/mol. The zero-order valence-electron chi connectivity index (χ0n) is 13.3. The third kappa shape index (κ3) is 4.24. The topological polar surface area (TPSA) is 116 Å². The number of sulfonamides is 1. The zero-order valence-corrected chi connectivity index (χ0v) is 14.1. The molecule has 1 fully saturated rings. The molecule has 9 heteroatoms. The maximum atomic E-state index is 12.6. The Hall–Kier alpha value is -2.13. The van der Waals surface area contributed by atoms with Crippen molar-refractivity contribution in [3.63, 3.8) is 0 Å². The van der Waals surface area contributed by atoms with Crippen LogP contribution in [0.15, 0.2) is 29.2 Å². The standard InChI is InChI=1S/C15H20N2O6S/c1-22-14(18)10-23-12-2-4-13(5-3-12)24(20,21)17-8-6-11(7-9-17)15(16)19/h2-5,11H,6-10H2,1H3,(H2,16,19). The lowest BCUT2D eigenvalue weighted by molar-refractivity contribution is -0.142. The molecule has 0 atom stereocenters. The van der Waals surface area contributed by atoms with Crippen LogP contribution in [0.4, 0.5) is 0 Å². The molecule has 2 N–H and O–H groups in total. The van der Waals surface area contributed by atoms with Gasteiger partial charge >= 0.3 is 5.97 Å². The van der Waals surface area contributed by atoms with E-state index >= 15 is 0 Å². The molecule has 132 valence electrons. The molecule has 0 saturated carbocycles. The molecule has 1 aliphatic rings. The smallest absolute Gasteiger partial charge is 0.343 e. The van der Waals surface area contributed by atoms with Gasteiger partial charge < -0.3 is 15.2 Å². The van der Waals surface area contributed by atoms with Crippen LogP contribution in [0.1, 0.15) is 12.8 Å². The Kier molecular flexibility index (Phi) is 5.79. The summed E-state index contributed by atoms with van der Waals surface area (Å²) in [5.74, 6) is -0.819. The molecule has 2 rings (SSSR count). The Bertz CT molecular complexity index is 693. The highest BCUT2D eigenvalue weighted by Gasteiger charge is 2.31. The maximum absolute atomic E-state index is 12.6. The molecule has 8 nitrogen and oxygen atoms in total. The molecule has 0 bridgehead atoms. The number of hydrogen-bond donors (Lipinski definition) is 1. The summed E-state index contributed by atoms with van der Waals surface area (Å²) in [6, 6.07) is 5.79. The minimum atomic E-state index is -3.63. The lowest BCUT2D eigenvalue weighted by Crippen LogP contribution is -2.41. The van der Waals surface area contributed by atoms with E-state index in [1.165, 1.54) is 35.7 Å². The van der Waals surface area contributed by atoms with Gasteiger partial charge in [-0.1, -0.05) is 0 Å². The van der Waals surface area contributed by atoms with Gasteiger partial charge in [0.25, 0.3) is 0 Å². The number of rotatable bonds is 6. The van der Waals surface area contributed by atoms with Crippen molar-refractivity contribution in [2.45, 2.75) is 17.7 Å². The van der Waals surface area contributed by atoms with Crippen molar-refractivity contribution in [3.05, 3.63) is 24.3 Å². The average molecular weight is 356 g/mol. The van der Waals surface area contributed by atoms with Crippen molar-refractivity contribution in [1.82, 2.24) is 4.31 Å². The lowest BCUT2D eigenvalue weighted by Gasteiger charge is -2.29. The molecular formula is C15H20N2O6S. The molecule has 1 aromatic rings. The largest absolute Gasteiger partial charge is 0.482 e. The molecule has 1 heterocycles. The summed E-state index contributed by atoms with van der Waals surface area (Å²) in [6.07, 6.45) is 0.851. The van der Waals surface area contributed by atoms with Crippen LogP contribution in [0.25, 0.3) is 0 Å². The number of nitrogens with two attached hydrogens (primary N) is 1. The number of carbonyl (C=O) groups is 2. The molecule has 0 aliphatic carbocycles. The molecule has 0 spiro atoms. The Morgan fingerprint density at radius 3 is 2.29 bits per heavy atom. The van der Waals surface area contributed by atoms with Crippen molar-refractivity contribution in [2.75, 3.05) is 26.8 Å². The number of benzene rings is 1. The summed E-state index contributed by atoms with van der Waals surface area (Å²) in [4.78, 5) is 22.3. The van der Waals surface area contributed by atoms with E-state index in [1.54, 1.807) is 0 Å². The molecule has 0 unspecified atom stereocenters. The van der Waals surface area contributed by atoms with Gasteiger partial charge in [-0.3, -0.25) is 4.79 Å². The molecule has 1 saturated heterocycles. The summed E-state index contributed by atoms with van der Waals surface area (Å²) in [6.45, 7) is 0.274. The van der Waals surface area contributed by atoms with E-state index in [-0.39, 0.29) is 36.4 Å². The third-order valence-corrected chi connectivity index (χ3v) is 5.82. The first-order valence-corrected chi connectivity index (χ1v) is 8.87. The summed E-state index contributed by atoms with van der Waals surface area (Å²) in [7, 11) is -2.38. The predicted molar refractivity (Wildman–Crippen MR) is 84.6 cm³/mol. The van der Waals surface area contributed by atoms with E-state index in [2.05, 4.69) is 4.74 Å². The van der Waals surface area contributed by atoms with E-state index in [4.69, 9.17) is 10.5 Å². The number of primary amides is 1. The first-order chi connectivity index (χ1) is 11.3. The fourth-order valence-corrected chi connectivity index (χ4v) is 3.91. The van der Waals surface area contributed by atoms with Crippen molar-refractivity contribution in [2.24, 2.45) is 11.7 Å². The van der Waals surface area contributed by atoms with Crippen LogP contribution in [0.3, 0.4) is 0 Å². The van der Waals surface area contributed by atoms with Crippen LogP contribution in [0, 0.1) is 5.92 Å². The van der Waals surface area contributed by atoms with Gasteiger partial charge in [0, 0.05) is 19.0 Å². The maximum Gasteiger partial charge on any atom is 0.343 e. The molecule has 0 aromatic heterocycles. The third-order valence-electron chi connectivity index (χ3n) is 3.90. The van der Waals surface area contributed by atoms with E-state index in [0.717, 1.165) is 0 Å². The Labute approximate surface area is 140 Å². The number of amides is 1. The zero-order chi connectivity index (χ0) is 17.7. The van der Waals surface area contributed by atoms with Gasteiger partial charge in [-0.15, -0.1) is 0 Å². The molecule has 24 heavy (non-hydrogen) atoms. The normalized spacial score (nSPS) is 16.5. The second kappa shape index (κ2) is 7.63. The number of hydrogen-bond acceptors (Lipinski definition) is 6. The molecule has 1 aliphatic heterocycles. The van der Waals surface area contributed by atoms with Crippen LogP contribution in [-0.4, -0.2) is 51.4 Å². The minimum Gasteiger partial charge on any atom is -0.482 e. The fourth-order valence-electron chi connectivity index (χ4n) is 2.44. The van der Waals surface area contributed by atoms with Gasteiger partial charge in [0.1, 0.15) is 5.75 Å². The van der Waals surface area contributed by atoms with Crippen molar-refractivity contribution < 1.29 is 27.5 Å². The molecule has 1 amide bonds. The number of methoxy groups -OCH3 is 1. The van der Waals surface area contributed by atoms with Crippen molar-refractivity contribution in [1.29, 1.82) is 0 Å². The summed E-state index contributed by atoms with van der Waals surface area (Å²) < 4.78 is 36.1. The number of nitrogens with zero attached hydrogens (tertiary/aromatic N) is 1. The summed E-state index contributed by atoms with van der Waals surface area (Å²) in [5.41, 5.74) is 5.26. The van der Waals surface area contributed by atoms with E-state index in [0.29, 0.717) is 18.6 Å². The van der Waals surface area contributed by atoms with Crippen LogP contribution in [0.2, 0.25) is 0 Å². The number of piperidine rings is 1. The number of ether oxygens (including phenoxy) is 2. The highest BCUT2D eigenvalue weighted by atomic mass is 32.2. The minimum absolute atomic E-state index is 0.130. The highest BCUT2D eigenvalue weighted by molar-refractivity contribution is 7.89. The van der Waals surface area contributed by atoms with Crippen LogP contribution < -0.4 is 10.5 Å². The lowest BCUT2D eigenvalue weighted by atomic mass is 9.98. The van der Waals surface area contributed by atoms with Gasteiger partial charge in [0.15, 0.2) is 6.61 Å². The summed E-state index contributed by atoms with van der Waals surface area (Å²) >= 11 is 0. The second-order valence-corrected chi connectivity index (χ2v) is 7.35. The first kappa shape index (κ1) is 18.2. The van der Waals surface area contributed by atoms with Crippen LogP contribution >= 0.6 is 0 Å². The molecule has 0 radical (unpaired) electrons. The predicted octanol–water partition coefficient (Wildman–Crippen LogP) is 0.124. The molecule has 1 aromatic carbocycles. The van der Waals surface area contributed by atoms with Gasteiger partial charge in [-0.25, -0.2) is 13.2 Å². The average Bonchev–Trinajstić information content (AvgIpc) is 2.60. The van der Waals surface area contributed by atoms with Gasteiger partial charge in [-0.05, 0) is 37.1 Å². The number of carbonyl (C=O) groups excluding carboxylic acids is 2. The summed E-state index contributed by atoms with van der Waals surface area (Å²) in [5, 5.41) is 0. The quantitative estimate of drug-likeness (QED) is 0.724. The van der Waals surface area contributed by atoms with Gasteiger partial charge in [-0.2, -0.15) is 4.31 Å². The second-order valence-electron chi connectivity index (χ2n) is 5.42. The Morgan fingerprint density at radius 2 is 1.79 bits per heavy atom. The monoisotopic (exact) mass is 356 g/mol. The highest BCUT2D eigenvalue weighted by Crippen LogP contribution is 2.25. The SMILES string of the molecule is COC(=O)COc1ccc(S(=O)(=O)N2CCC(C(N)=O)CC2)cc1. The number of esters is 1. The van der Waals surface area contributed by atoms with Crippen LogP contribution in [-0.2, 0) is 24.3 Å². The van der Waals surface area contributed by atoms with Gasteiger partial charge in [0.05, 0.1) is 12.0 Å².